The number of benzene rings is 1. The maximum absolute atomic E-state index is 10.8. The van der Waals surface area contributed by atoms with Crippen LogP contribution in [0.25, 0.3) is 0 Å². The zero-order valence-electron chi connectivity index (χ0n) is 9.96. The van der Waals surface area contributed by atoms with Gasteiger partial charge in [-0.25, -0.2) is 0 Å². The fraction of sp³-hybridized carbons (Fsp3) is 0.417. The molecule has 2 unspecified atom stereocenters. The second-order valence-corrected chi connectivity index (χ2v) is 6.14. The molecule has 1 aromatic rings. The van der Waals surface area contributed by atoms with Crippen molar-refractivity contribution < 1.29 is 14.6 Å². The fourth-order valence-corrected chi connectivity index (χ4v) is 4.08. The van der Waals surface area contributed by atoms with Gasteiger partial charge in [-0.1, -0.05) is 12.1 Å². The lowest BCUT2D eigenvalue weighted by atomic mass is 10.3. The Morgan fingerprint density at radius 3 is 3.06 bits per heavy atom. The van der Waals surface area contributed by atoms with Gasteiger partial charge in [0, 0.05) is 16.4 Å². The molecular weight excluding hydrogens is 270 g/mol. The highest BCUT2D eigenvalue weighted by Gasteiger charge is 2.29. The van der Waals surface area contributed by atoms with Crippen LogP contribution < -0.4 is 10.1 Å². The molecule has 0 aromatic heterocycles. The van der Waals surface area contributed by atoms with Gasteiger partial charge in [0.1, 0.15) is 11.8 Å². The number of ether oxygens (including phenoxy) is 1. The summed E-state index contributed by atoms with van der Waals surface area (Å²) in [5.74, 6) is 1.55. The fourth-order valence-electron chi connectivity index (χ4n) is 1.68. The first-order valence-electron chi connectivity index (χ1n) is 5.57. The van der Waals surface area contributed by atoms with Gasteiger partial charge in [0.15, 0.2) is 0 Å². The topological polar surface area (TPSA) is 58.6 Å². The Labute approximate surface area is 114 Å². The number of thioether (sulfide) groups is 2. The van der Waals surface area contributed by atoms with Crippen LogP contribution in [0.5, 0.6) is 5.75 Å². The van der Waals surface area contributed by atoms with Crippen molar-refractivity contribution in [1.82, 2.24) is 5.32 Å². The molecule has 1 heterocycles. The third kappa shape index (κ3) is 3.34. The molecule has 2 N–H and O–H groups in total. The minimum absolute atomic E-state index is 0.181. The van der Waals surface area contributed by atoms with E-state index < -0.39 is 12.0 Å². The molecule has 1 aliphatic heterocycles. The SMILES string of the molecule is COc1ccccc1SCC1NC(C(=O)O)CS1. The summed E-state index contributed by atoms with van der Waals surface area (Å²) in [6.07, 6.45) is 0. The van der Waals surface area contributed by atoms with E-state index in [0.717, 1.165) is 16.4 Å². The second kappa shape index (κ2) is 6.36. The van der Waals surface area contributed by atoms with E-state index >= 15 is 0 Å². The molecular formula is C12H15NO3S2. The molecule has 1 aromatic carbocycles. The van der Waals surface area contributed by atoms with Crippen LogP contribution in [0.1, 0.15) is 0 Å². The Morgan fingerprint density at radius 2 is 2.39 bits per heavy atom. The van der Waals surface area contributed by atoms with E-state index in [1.807, 2.05) is 24.3 Å². The summed E-state index contributed by atoms with van der Waals surface area (Å²) in [6.45, 7) is 0. The van der Waals surface area contributed by atoms with Crippen LogP contribution >= 0.6 is 23.5 Å². The van der Waals surface area contributed by atoms with Crippen molar-refractivity contribution in [3.05, 3.63) is 24.3 Å². The van der Waals surface area contributed by atoms with E-state index in [1.165, 1.54) is 0 Å². The Bertz CT molecular complexity index is 428. The third-order valence-electron chi connectivity index (χ3n) is 2.61. The maximum atomic E-state index is 10.8. The number of para-hydroxylation sites is 1. The van der Waals surface area contributed by atoms with Gasteiger partial charge in [-0.15, -0.1) is 23.5 Å². The minimum Gasteiger partial charge on any atom is -0.496 e. The lowest BCUT2D eigenvalue weighted by Gasteiger charge is -2.12. The van der Waals surface area contributed by atoms with Crippen LogP contribution in [0.2, 0.25) is 0 Å². The number of rotatable bonds is 5. The van der Waals surface area contributed by atoms with Gasteiger partial charge >= 0.3 is 5.97 Å². The Kier molecular flexibility index (Phi) is 4.79. The normalized spacial score (nSPS) is 22.9. The zero-order chi connectivity index (χ0) is 13.0. The molecule has 1 saturated heterocycles. The van der Waals surface area contributed by atoms with Gasteiger partial charge < -0.3 is 9.84 Å². The molecule has 0 bridgehead atoms. The Morgan fingerprint density at radius 1 is 1.61 bits per heavy atom. The first-order chi connectivity index (χ1) is 8.70. The molecule has 2 atom stereocenters. The number of carbonyl (C=O) groups is 1. The number of hydrogen-bond donors (Lipinski definition) is 2. The number of hydrogen-bond acceptors (Lipinski definition) is 5. The first kappa shape index (κ1) is 13.6. The van der Waals surface area contributed by atoms with Crippen molar-refractivity contribution in [1.29, 1.82) is 0 Å². The summed E-state index contributed by atoms with van der Waals surface area (Å²) in [6, 6.07) is 7.43. The summed E-state index contributed by atoms with van der Waals surface area (Å²) >= 11 is 3.34. The summed E-state index contributed by atoms with van der Waals surface area (Å²) < 4.78 is 5.28. The molecule has 18 heavy (non-hydrogen) atoms. The van der Waals surface area contributed by atoms with Crippen LogP contribution in [-0.4, -0.2) is 41.1 Å². The molecule has 4 nitrogen and oxygen atoms in total. The molecule has 0 radical (unpaired) electrons. The van der Waals surface area contributed by atoms with E-state index in [1.54, 1.807) is 30.6 Å². The van der Waals surface area contributed by atoms with E-state index in [9.17, 15) is 4.79 Å². The van der Waals surface area contributed by atoms with Gasteiger partial charge in [0.2, 0.25) is 0 Å². The quantitative estimate of drug-likeness (QED) is 0.806. The molecule has 0 aliphatic carbocycles. The van der Waals surface area contributed by atoms with Gasteiger partial charge in [-0.05, 0) is 12.1 Å². The van der Waals surface area contributed by atoms with Crippen molar-refractivity contribution in [3.8, 4) is 5.75 Å². The standard InChI is InChI=1S/C12H15NO3S2/c1-16-9-4-2-3-5-10(9)17-7-11-13-8(6-18-11)12(14)15/h2-5,8,11,13H,6-7H2,1H3,(H,14,15). The molecule has 6 heteroatoms. The summed E-state index contributed by atoms with van der Waals surface area (Å²) in [7, 11) is 1.66. The average molecular weight is 285 g/mol. The van der Waals surface area contributed by atoms with Crippen LogP contribution in [0.3, 0.4) is 0 Å². The molecule has 1 aliphatic rings. The van der Waals surface area contributed by atoms with Crippen molar-refractivity contribution >= 4 is 29.5 Å². The van der Waals surface area contributed by atoms with E-state index in [0.29, 0.717) is 5.75 Å². The predicted octanol–water partition coefficient (Wildman–Crippen LogP) is 1.90. The Balaban J connectivity index is 1.87. The summed E-state index contributed by atoms with van der Waals surface area (Å²) in [5.41, 5.74) is 0. The number of methoxy groups -OCH3 is 1. The van der Waals surface area contributed by atoms with Gasteiger partial charge in [0.05, 0.1) is 12.5 Å². The average Bonchev–Trinajstić information content (AvgIpc) is 2.85. The smallest absolute Gasteiger partial charge is 0.321 e. The van der Waals surface area contributed by atoms with Crippen molar-refractivity contribution in [2.24, 2.45) is 0 Å². The van der Waals surface area contributed by atoms with Crippen LogP contribution in [0.15, 0.2) is 29.2 Å². The molecule has 98 valence electrons. The van der Waals surface area contributed by atoms with Gasteiger partial charge in [0.25, 0.3) is 0 Å². The van der Waals surface area contributed by atoms with E-state index in [-0.39, 0.29) is 5.37 Å². The third-order valence-corrected chi connectivity index (χ3v) is 5.20. The highest BCUT2D eigenvalue weighted by atomic mass is 32.2. The highest BCUT2D eigenvalue weighted by Crippen LogP contribution is 2.32. The zero-order valence-corrected chi connectivity index (χ0v) is 11.6. The van der Waals surface area contributed by atoms with E-state index in [4.69, 9.17) is 9.84 Å². The van der Waals surface area contributed by atoms with Crippen LogP contribution in [0, 0.1) is 0 Å². The minimum atomic E-state index is -0.771. The van der Waals surface area contributed by atoms with Gasteiger partial charge in [-0.3, -0.25) is 10.1 Å². The van der Waals surface area contributed by atoms with Crippen molar-refractivity contribution in [3.63, 3.8) is 0 Å². The van der Waals surface area contributed by atoms with Crippen molar-refractivity contribution in [2.45, 2.75) is 16.3 Å². The number of nitrogens with one attached hydrogen (secondary N) is 1. The predicted molar refractivity (Wildman–Crippen MR) is 74.5 cm³/mol. The molecule has 0 amide bonds. The van der Waals surface area contributed by atoms with Crippen LogP contribution in [0.4, 0.5) is 0 Å². The molecule has 2 rings (SSSR count). The molecule has 0 spiro atoms. The molecule has 1 fully saturated rings. The highest BCUT2D eigenvalue weighted by molar-refractivity contribution is 8.03. The second-order valence-electron chi connectivity index (χ2n) is 3.84. The monoisotopic (exact) mass is 285 g/mol. The van der Waals surface area contributed by atoms with Crippen molar-refractivity contribution in [2.75, 3.05) is 18.6 Å². The molecule has 0 saturated carbocycles. The number of carboxylic acids is 1. The number of aliphatic carboxylic acids is 1. The van der Waals surface area contributed by atoms with E-state index in [2.05, 4.69) is 5.32 Å². The van der Waals surface area contributed by atoms with Crippen LogP contribution in [-0.2, 0) is 4.79 Å². The lowest BCUT2D eigenvalue weighted by molar-refractivity contribution is -0.138. The maximum Gasteiger partial charge on any atom is 0.321 e. The largest absolute Gasteiger partial charge is 0.496 e. The summed E-state index contributed by atoms with van der Waals surface area (Å²) in [4.78, 5) is 11.9. The Hall–Kier alpha value is -0.850. The number of carboxylic acid groups (broad SMARTS) is 1. The summed E-state index contributed by atoms with van der Waals surface area (Å²) in [5, 5.41) is 12.2. The first-order valence-corrected chi connectivity index (χ1v) is 7.60. The van der Waals surface area contributed by atoms with Gasteiger partial charge in [-0.2, -0.15) is 0 Å². The lowest BCUT2D eigenvalue weighted by Crippen LogP contribution is -2.37.